The molecule has 2 N–H and O–H groups in total. The number of carbonyl (C=O) groups is 1. The Morgan fingerprint density at radius 2 is 2.17 bits per heavy atom. The maximum Gasteiger partial charge on any atom is 0.227 e. The Morgan fingerprint density at radius 3 is 2.90 bits per heavy atom. The lowest BCUT2D eigenvalue weighted by atomic mass is 9.89. The van der Waals surface area contributed by atoms with E-state index in [0.29, 0.717) is 22.5 Å². The Morgan fingerprint density at radius 1 is 1.37 bits per heavy atom. The zero-order valence-electron chi connectivity index (χ0n) is 16.1. The predicted octanol–water partition coefficient (Wildman–Crippen LogP) is 3.55. The number of benzene rings is 2. The summed E-state index contributed by atoms with van der Waals surface area (Å²) in [7, 11) is 0. The van der Waals surface area contributed by atoms with Gasteiger partial charge in [0.05, 0.1) is 42.3 Å². The minimum Gasteiger partial charge on any atom is -0.383 e. The number of fused-ring (bicyclic) bond motifs is 1. The zero-order valence-corrected chi connectivity index (χ0v) is 16.1. The number of aryl methyl sites for hydroxylation is 1. The maximum atomic E-state index is 14.6. The second kappa shape index (κ2) is 7.35. The average molecular weight is 408 g/mol. The van der Waals surface area contributed by atoms with Gasteiger partial charge in [0.1, 0.15) is 17.2 Å². The lowest BCUT2D eigenvalue weighted by Crippen LogP contribution is -2.30. The van der Waals surface area contributed by atoms with Gasteiger partial charge in [-0.15, -0.1) is 0 Å². The van der Waals surface area contributed by atoms with E-state index in [-0.39, 0.29) is 18.4 Å². The molecule has 0 fully saturated rings. The lowest BCUT2D eigenvalue weighted by Gasteiger charge is -2.22. The van der Waals surface area contributed by atoms with Gasteiger partial charge in [0, 0.05) is 17.7 Å². The summed E-state index contributed by atoms with van der Waals surface area (Å²) in [6, 6.07) is 9.52. The van der Waals surface area contributed by atoms with Gasteiger partial charge in [-0.2, -0.15) is 5.26 Å². The van der Waals surface area contributed by atoms with Gasteiger partial charge in [0.25, 0.3) is 0 Å². The number of rotatable bonds is 4. The number of hydrogen-bond donors (Lipinski definition) is 2. The number of nitrogens with zero attached hydrogens (tertiary/aromatic N) is 3. The third-order valence-corrected chi connectivity index (χ3v) is 5.42. The first-order valence-electron chi connectivity index (χ1n) is 9.31. The van der Waals surface area contributed by atoms with E-state index in [2.05, 4.69) is 10.3 Å². The second-order valence-corrected chi connectivity index (χ2v) is 7.47. The first-order valence-corrected chi connectivity index (χ1v) is 9.31. The van der Waals surface area contributed by atoms with Gasteiger partial charge in [-0.25, -0.2) is 13.8 Å². The molecular formula is C22H18F2N4O2. The molecule has 6 nitrogen and oxygen atoms in total. The normalized spacial score (nSPS) is 19.9. The smallest absolute Gasteiger partial charge is 0.227 e. The highest BCUT2D eigenvalue weighted by atomic mass is 19.1. The van der Waals surface area contributed by atoms with Gasteiger partial charge < -0.3 is 15.0 Å². The molecule has 1 amide bonds. The molecular weight excluding hydrogens is 390 g/mol. The monoisotopic (exact) mass is 408 g/mol. The Balaban J connectivity index is 1.60. The number of halogens is 2. The molecule has 0 spiro atoms. The van der Waals surface area contributed by atoms with Crippen LogP contribution in [0.15, 0.2) is 48.9 Å². The number of anilines is 1. The number of amides is 1. The van der Waals surface area contributed by atoms with E-state index in [1.165, 1.54) is 36.8 Å². The summed E-state index contributed by atoms with van der Waals surface area (Å²) >= 11 is 0. The van der Waals surface area contributed by atoms with E-state index < -0.39 is 29.2 Å². The van der Waals surface area contributed by atoms with Crippen molar-refractivity contribution in [3.63, 3.8) is 0 Å². The van der Waals surface area contributed by atoms with Crippen LogP contribution in [0.4, 0.5) is 14.5 Å². The standard InChI is InChI=1S/C22H18F2N4O2/c1-13-2-4-15(23)7-18(13)27-21(29)9-22(30)8-19(28-12-26-11-20(22)28)16-5-3-14(10-25)6-17(16)24/h2-7,11-12,19,30H,8-9H2,1H3,(H,27,29)/t19-,22+/m1/s1. The highest BCUT2D eigenvalue weighted by Crippen LogP contribution is 2.45. The van der Waals surface area contributed by atoms with Crippen molar-refractivity contribution in [2.45, 2.75) is 31.4 Å². The number of hydrogen-bond acceptors (Lipinski definition) is 4. The van der Waals surface area contributed by atoms with Crippen molar-refractivity contribution < 1.29 is 18.7 Å². The van der Waals surface area contributed by atoms with Crippen LogP contribution in [0.2, 0.25) is 0 Å². The number of nitrogens with one attached hydrogen (secondary N) is 1. The van der Waals surface area contributed by atoms with Gasteiger partial charge in [-0.3, -0.25) is 4.79 Å². The third kappa shape index (κ3) is 3.44. The van der Waals surface area contributed by atoms with Crippen LogP contribution in [0.5, 0.6) is 0 Å². The molecule has 2 aromatic carbocycles. The van der Waals surface area contributed by atoms with Crippen molar-refractivity contribution in [3.05, 3.63) is 82.9 Å². The molecule has 152 valence electrons. The topological polar surface area (TPSA) is 90.9 Å². The van der Waals surface area contributed by atoms with Gasteiger partial charge in [-0.05, 0) is 36.8 Å². The molecule has 30 heavy (non-hydrogen) atoms. The molecule has 1 aliphatic heterocycles. The van der Waals surface area contributed by atoms with E-state index in [1.807, 2.05) is 6.07 Å². The van der Waals surface area contributed by atoms with E-state index in [4.69, 9.17) is 5.26 Å². The minimum atomic E-state index is -1.58. The Hall–Kier alpha value is -3.57. The van der Waals surface area contributed by atoms with Crippen molar-refractivity contribution in [2.75, 3.05) is 5.32 Å². The van der Waals surface area contributed by atoms with E-state index in [1.54, 1.807) is 17.6 Å². The van der Waals surface area contributed by atoms with Gasteiger partial charge >= 0.3 is 0 Å². The number of nitriles is 1. The Labute approximate surface area is 171 Å². The predicted molar refractivity (Wildman–Crippen MR) is 104 cm³/mol. The van der Waals surface area contributed by atoms with Crippen LogP contribution in [0, 0.1) is 29.9 Å². The number of aliphatic hydroxyl groups is 1. The van der Waals surface area contributed by atoms with Crippen LogP contribution in [0.25, 0.3) is 0 Å². The molecule has 0 bridgehead atoms. The average Bonchev–Trinajstić information content (AvgIpc) is 3.28. The molecule has 2 atom stereocenters. The first-order chi connectivity index (χ1) is 14.3. The summed E-state index contributed by atoms with van der Waals surface area (Å²) in [6.45, 7) is 1.73. The van der Waals surface area contributed by atoms with Gasteiger partial charge in [0.15, 0.2) is 0 Å². The summed E-state index contributed by atoms with van der Waals surface area (Å²) < 4.78 is 29.7. The maximum absolute atomic E-state index is 14.6. The molecule has 3 aromatic rings. The van der Waals surface area contributed by atoms with Crippen LogP contribution in [0.1, 0.15) is 41.3 Å². The largest absolute Gasteiger partial charge is 0.383 e. The SMILES string of the molecule is Cc1ccc(F)cc1NC(=O)C[C@@]1(O)C[C@H](c2ccc(C#N)cc2F)n2cncc21. The molecule has 0 saturated heterocycles. The fraction of sp³-hybridized carbons (Fsp3) is 0.227. The van der Waals surface area contributed by atoms with E-state index >= 15 is 0 Å². The summed E-state index contributed by atoms with van der Waals surface area (Å²) in [6.07, 6.45) is 2.68. The summed E-state index contributed by atoms with van der Waals surface area (Å²) in [5.41, 5.74) is 0.316. The zero-order chi connectivity index (χ0) is 21.5. The van der Waals surface area contributed by atoms with Crippen molar-refractivity contribution in [3.8, 4) is 6.07 Å². The minimum absolute atomic E-state index is 0.0588. The van der Waals surface area contributed by atoms with Crippen LogP contribution >= 0.6 is 0 Å². The van der Waals surface area contributed by atoms with Crippen molar-refractivity contribution >= 4 is 11.6 Å². The lowest BCUT2D eigenvalue weighted by molar-refractivity contribution is -0.121. The molecule has 2 heterocycles. The highest BCUT2D eigenvalue weighted by Gasteiger charge is 2.45. The molecule has 0 saturated carbocycles. The highest BCUT2D eigenvalue weighted by molar-refractivity contribution is 5.92. The van der Waals surface area contributed by atoms with Crippen molar-refractivity contribution in [1.82, 2.24) is 9.55 Å². The van der Waals surface area contributed by atoms with E-state index in [0.717, 1.165) is 6.07 Å². The quantitative estimate of drug-likeness (QED) is 0.691. The molecule has 1 aromatic heterocycles. The third-order valence-electron chi connectivity index (χ3n) is 5.42. The fourth-order valence-electron chi connectivity index (χ4n) is 3.91. The Bertz CT molecular complexity index is 1180. The second-order valence-electron chi connectivity index (χ2n) is 7.47. The molecule has 4 rings (SSSR count). The van der Waals surface area contributed by atoms with E-state index in [9.17, 15) is 18.7 Å². The summed E-state index contributed by atoms with van der Waals surface area (Å²) in [4.78, 5) is 16.7. The Kier molecular flexibility index (Phi) is 4.84. The number of aromatic nitrogens is 2. The molecule has 0 unspecified atom stereocenters. The molecule has 1 aliphatic rings. The van der Waals surface area contributed by atoms with Crippen molar-refractivity contribution in [1.29, 1.82) is 5.26 Å². The number of carbonyl (C=O) groups excluding carboxylic acids is 1. The number of imidazole rings is 1. The van der Waals surface area contributed by atoms with Crippen LogP contribution in [-0.2, 0) is 10.4 Å². The molecule has 0 radical (unpaired) electrons. The van der Waals surface area contributed by atoms with Crippen LogP contribution in [-0.4, -0.2) is 20.6 Å². The van der Waals surface area contributed by atoms with Gasteiger partial charge in [-0.1, -0.05) is 12.1 Å². The molecule has 0 aliphatic carbocycles. The van der Waals surface area contributed by atoms with Gasteiger partial charge in [0.2, 0.25) is 5.91 Å². The van der Waals surface area contributed by atoms with Crippen molar-refractivity contribution in [2.24, 2.45) is 0 Å². The summed E-state index contributed by atoms with van der Waals surface area (Å²) in [5, 5.41) is 22.8. The van der Waals surface area contributed by atoms with Crippen LogP contribution < -0.4 is 5.32 Å². The fourth-order valence-corrected chi connectivity index (χ4v) is 3.91. The summed E-state index contributed by atoms with van der Waals surface area (Å²) in [5.74, 6) is -1.55. The molecule has 8 heteroatoms. The van der Waals surface area contributed by atoms with Crippen LogP contribution in [0.3, 0.4) is 0 Å². The first kappa shape index (κ1) is 19.7.